The van der Waals surface area contributed by atoms with Crippen LogP contribution in [0.15, 0.2) is 0 Å². The van der Waals surface area contributed by atoms with Crippen molar-refractivity contribution in [2.24, 2.45) is 29.1 Å². The van der Waals surface area contributed by atoms with Crippen LogP contribution in [-0.4, -0.2) is 35.7 Å². The predicted molar refractivity (Wildman–Crippen MR) is 81.1 cm³/mol. The molecule has 0 aromatic carbocycles. The molecule has 2 heteroatoms. The molecule has 2 nitrogen and oxygen atoms in total. The van der Waals surface area contributed by atoms with Gasteiger partial charge in [-0.2, -0.15) is 0 Å². The molecule has 1 N–H and O–H groups in total. The molecule has 5 unspecified atom stereocenters. The normalized spacial score (nSPS) is 41.7. The predicted octanol–water partition coefficient (Wildman–Crippen LogP) is 3.40. The molecule has 19 heavy (non-hydrogen) atoms. The van der Waals surface area contributed by atoms with E-state index in [0.717, 1.165) is 30.7 Å². The standard InChI is InChI=1S/C17H33NO/c1-12-9-18(10-13(12)2)11-14-8-15(17(3,4)5)6-7-16(14)19/h12-16,19H,6-11H2,1-5H3. The van der Waals surface area contributed by atoms with Gasteiger partial charge in [0.15, 0.2) is 0 Å². The van der Waals surface area contributed by atoms with Crippen LogP contribution in [0.1, 0.15) is 53.9 Å². The van der Waals surface area contributed by atoms with Crippen molar-refractivity contribution in [1.29, 1.82) is 0 Å². The highest BCUT2D eigenvalue weighted by Crippen LogP contribution is 2.41. The lowest BCUT2D eigenvalue weighted by Crippen LogP contribution is -2.40. The highest BCUT2D eigenvalue weighted by atomic mass is 16.3. The third kappa shape index (κ3) is 3.72. The Morgan fingerprint density at radius 2 is 1.63 bits per heavy atom. The zero-order valence-corrected chi connectivity index (χ0v) is 13.5. The van der Waals surface area contributed by atoms with E-state index in [-0.39, 0.29) is 6.10 Å². The van der Waals surface area contributed by atoms with Gasteiger partial charge < -0.3 is 10.0 Å². The Kier molecular flexibility index (Phi) is 4.62. The Bertz CT molecular complexity index is 286. The second-order valence-corrected chi connectivity index (χ2v) is 8.38. The molecule has 0 aromatic heterocycles. The number of aliphatic hydroxyl groups excluding tert-OH is 1. The molecule has 1 aliphatic carbocycles. The molecule has 2 rings (SSSR count). The number of nitrogens with zero attached hydrogens (tertiary/aromatic N) is 1. The van der Waals surface area contributed by atoms with Crippen LogP contribution in [0.3, 0.4) is 0 Å². The van der Waals surface area contributed by atoms with Crippen LogP contribution in [-0.2, 0) is 0 Å². The van der Waals surface area contributed by atoms with Gasteiger partial charge in [-0.15, -0.1) is 0 Å². The van der Waals surface area contributed by atoms with Gasteiger partial charge in [-0.25, -0.2) is 0 Å². The zero-order valence-electron chi connectivity index (χ0n) is 13.5. The van der Waals surface area contributed by atoms with E-state index in [1.807, 2.05) is 0 Å². The second-order valence-electron chi connectivity index (χ2n) is 8.38. The van der Waals surface area contributed by atoms with E-state index in [1.165, 1.54) is 25.9 Å². The van der Waals surface area contributed by atoms with E-state index in [2.05, 4.69) is 39.5 Å². The quantitative estimate of drug-likeness (QED) is 0.829. The van der Waals surface area contributed by atoms with E-state index >= 15 is 0 Å². The zero-order chi connectivity index (χ0) is 14.2. The lowest BCUT2D eigenvalue weighted by atomic mass is 9.68. The van der Waals surface area contributed by atoms with E-state index in [4.69, 9.17) is 0 Å². The minimum Gasteiger partial charge on any atom is -0.393 e. The van der Waals surface area contributed by atoms with Crippen molar-refractivity contribution >= 4 is 0 Å². The number of hydrogen-bond acceptors (Lipinski definition) is 2. The summed E-state index contributed by atoms with van der Waals surface area (Å²) >= 11 is 0. The van der Waals surface area contributed by atoms with Gasteiger partial charge in [0, 0.05) is 19.6 Å². The van der Waals surface area contributed by atoms with Gasteiger partial charge in [0.25, 0.3) is 0 Å². The Labute approximate surface area is 119 Å². The minimum absolute atomic E-state index is 0.0650. The van der Waals surface area contributed by atoms with Crippen molar-refractivity contribution in [3.63, 3.8) is 0 Å². The van der Waals surface area contributed by atoms with Crippen molar-refractivity contribution in [2.75, 3.05) is 19.6 Å². The average molecular weight is 267 g/mol. The molecular formula is C17H33NO. The fourth-order valence-electron chi connectivity index (χ4n) is 3.96. The van der Waals surface area contributed by atoms with Crippen molar-refractivity contribution < 1.29 is 5.11 Å². The van der Waals surface area contributed by atoms with Gasteiger partial charge in [-0.05, 0) is 48.3 Å². The Morgan fingerprint density at radius 3 is 2.16 bits per heavy atom. The van der Waals surface area contributed by atoms with Gasteiger partial charge in [-0.1, -0.05) is 34.6 Å². The molecule has 0 bridgehead atoms. The van der Waals surface area contributed by atoms with Crippen molar-refractivity contribution in [2.45, 2.75) is 60.0 Å². The van der Waals surface area contributed by atoms with Gasteiger partial charge in [0.2, 0.25) is 0 Å². The molecule has 1 aliphatic heterocycles. The molecule has 1 heterocycles. The number of aliphatic hydroxyl groups is 1. The molecule has 2 aliphatic rings. The summed E-state index contributed by atoms with van der Waals surface area (Å²) in [6, 6.07) is 0. The maximum Gasteiger partial charge on any atom is 0.0580 e. The molecule has 2 fully saturated rings. The first-order valence-corrected chi connectivity index (χ1v) is 8.17. The molecule has 112 valence electrons. The summed E-state index contributed by atoms with van der Waals surface area (Å²) in [5.41, 5.74) is 0.393. The van der Waals surface area contributed by atoms with Crippen LogP contribution in [0, 0.1) is 29.1 Å². The van der Waals surface area contributed by atoms with Gasteiger partial charge in [-0.3, -0.25) is 0 Å². The number of hydrogen-bond donors (Lipinski definition) is 1. The Morgan fingerprint density at radius 1 is 1.05 bits per heavy atom. The first-order chi connectivity index (χ1) is 8.77. The topological polar surface area (TPSA) is 23.5 Å². The lowest BCUT2D eigenvalue weighted by Gasteiger charge is -2.41. The van der Waals surface area contributed by atoms with Crippen molar-refractivity contribution in [1.82, 2.24) is 4.90 Å². The van der Waals surface area contributed by atoms with Crippen molar-refractivity contribution in [3.8, 4) is 0 Å². The largest absolute Gasteiger partial charge is 0.393 e. The summed E-state index contributed by atoms with van der Waals surface area (Å²) in [7, 11) is 0. The van der Waals surface area contributed by atoms with Gasteiger partial charge in [0.05, 0.1) is 6.10 Å². The first kappa shape index (κ1) is 15.3. The molecule has 1 saturated carbocycles. The van der Waals surface area contributed by atoms with E-state index in [1.54, 1.807) is 0 Å². The number of likely N-dealkylation sites (tertiary alicyclic amines) is 1. The summed E-state index contributed by atoms with van der Waals surface area (Å²) in [5, 5.41) is 10.3. The van der Waals surface area contributed by atoms with E-state index < -0.39 is 0 Å². The van der Waals surface area contributed by atoms with Crippen LogP contribution in [0.4, 0.5) is 0 Å². The lowest BCUT2D eigenvalue weighted by molar-refractivity contribution is 0.00561. The summed E-state index contributed by atoms with van der Waals surface area (Å²) < 4.78 is 0. The maximum absolute atomic E-state index is 10.3. The van der Waals surface area contributed by atoms with Gasteiger partial charge in [0.1, 0.15) is 0 Å². The molecule has 0 spiro atoms. The Hall–Kier alpha value is -0.0800. The fraction of sp³-hybridized carbons (Fsp3) is 1.00. The maximum atomic E-state index is 10.3. The van der Waals surface area contributed by atoms with Crippen LogP contribution in [0.2, 0.25) is 0 Å². The van der Waals surface area contributed by atoms with E-state index in [0.29, 0.717) is 11.3 Å². The first-order valence-electron chi connectivity index (χ1n) is 8.17. The molecule has 0 radical (unpaired) electrons. The smallest absolute Gasteiger partial charge is 0.0580 e. The summed E-state index contributed by atoms with van der Waals surface area (Å²) in [4.78, 5) is 2.59. The molecule has 5 atom stereocenters. The highest BCUT2D eigenvalue weighted by molar-refractivity contribution is 4.89. The summed E-state index contributed by atoms with van der Waals surface area (Å²) in [6.45, 7) is 15.3. The summed E-state index contributed by atoms with van der Waals surface area (Å²) in [5.74, 6) is 2.91. The van der Waals surface area contributed by atoms with Crippen LogP contribution >= 0.6 is 0 Å². The highest BCUT2D eigenvalue weighted by Gasteiger charge is 2.37. The van der Waals surface area contributed by atoms with Crippen LogP contribution < -0.4 is 0 Å². The SMILES string of the molecule is CC1CN(CC2CC(C(C)(C)C)CCC2O)CC1C. The monoisotopic (exact) mass is 267 g/mol. The van der Waals surface area contributed by atoms with Crippen LogP contribution in [0.5, 0.6) is 0 Å². The minimum atomic E-state index is -0.0650. The Balaban J connectivity index is 1.91. The average Bonchev–Trinajstić information content (AvgIpc) is 2.59. The molecule has 1 saturated heterocycles. The fourth-order valence-corrected chi connectivity index (χ4v) is 3.96. The van der Waals surface area contributed by atoms with Crippen LogP contribution in [0.25, 0.3) is 0 Å². The second kappa shape index (κ2) is 5.73. The number of rotatable bonds is 2. The third-order valence-corrected chi connectivity index (χ3v) is 5.72. The van der Waals surface area contributed by atoms with Crippen molar-refractivity contribution in [3.05, 3.63) is 0 Å². The van der Waals surface area contributed by atoms with Gasteiger partial charge >= 0.3 is 0 Å². The molecular weight excluding hydrogens is 234 g/mol. The summed E-state index contributed by atoms with van der Waals surface area (Å²) in [6.07, 6.45) is 3.36. The van der Waals surface area contributed by atoms with E-state index in [9.17, 15) is 5.11 Å². The third-order valence-electron chi connectivity index (χ3n) is 5.72. The molecule has 0 amide bonds. The molecule has 0 aromatic rings.